The van der Waals surface area contributed by atoms with Crippen molar-refractivity contribution in [2.24, 2.45) is 5.92 Å². The van der Waals surface area contributed by atoms with Gasteiger partial charge in [-0.1, -0.05) is 57.0 Å². The van der Waals surface area contributed by atoms with Gasteiger partial charge in [0.2, 0.25) is 11.8 Å². The standard InChI is InChI=1S/C23H35N3O2/c1-3-20-17-26(22(27)14-24-23(28)19-12-8-9-13-19)21(4-2)16-25(20)15-18-10-6-5-7-11-18/h5-7,10-11,19-21H,3-4,8-9,12-17H2,1-2H3,(H,24,28)/t20-,21-/m0/s1. The van der Waals surface area contributed by atoms with Crippen LogP contribution >= 0.6 is 0 Å². The normalized spacial score (nSPS) is 23.7. The first-order valence-electron chi connectivity index (χ1n) is 11.0. The van der Waals surface area contributed by atoms with Gasteiger partial charge in [-0.25, -0.2) is 0 Å². The van der Waals surface area contributed by atoms with Crippen LogP contribution in [0, 0.1) is 5.92 Å². The van der Waals surface area contributed by atoms with Crippen LogP contribution in [0.25, 0.3) is 0 Å². The third-order valence-corrected chi connectivity index (χ3v) is 6.44. The first-order valence-corrected chi connectivity index (χ1v) is 11.0. The molecule has 1 aliphatic carbocycles. The van der Waals surface area contributed by atoms with E-state index in [1.54, 1.807) is 0 Å². The van der Waals surface area contributed by atoms with Gasteiger partial charge in [-0.2, -0.15) is 0 Å². The highest BCUT2D eigenvalue weighted by Gasteiger charge is 2.34. The summed E-state index contributed by atoms with van der Waals surface area (Å²) in [5.41, 5.74) is 1.32. The Morgan fingerprint density at radius 3 is 2.32 bits per heavy atom. The Bertz CT molecular complexity index is 643. The van der Waals surface area contributed by atoms with Gasteiger partial charge in [0.25, 0.3) is 0 Å². The third kappa shape index (κ3) is 5.13. The fourth-order valence-corrected chi connectivity index (χ4v) is 4.66. The lowest BCUT2D eigenvalue weighted by molar-refractivity contribution is -0.139. The maximum absolute atomic E-state index is 12.9. The molecule has 0 bridgehead atoms. The van der Waals surface area contributed by atoms with Crippen LogP contribution < -0.4 is 5.32 Å². The van der Waals surface area contributed by atoms with Gasteiger partial charge in [0, 0.05) is 37.6 Å². The van der Waals surface area contributed by atoms with E-state index in [0.717, 1.165) is 58.2 Å². The molecule has 28 heavy (non-hydrogen) atoms. The molecule has 0 unspecified atom stereocenters. The molecule has 1 heterocycles. The number of nitrogens with one attached hydrogen (secondary N) is 1. The Kier molecular flexibility index (Phi) is 7.49. The van der Waals surface area contributed by atoms with E-state index in [9.17, 15) is 9.59 Å². The van der Waals surface area contributed by atoms with Gasteiger partial charge >= 0.3 is 0 Å². The molecular weight excluding hydrogens is 350 g/mol. The minimum atomic E-state index is 0.0636. The lowest BCUT2D eigenvalue weighted by Crippen LogP contribution is -2.60. The lowest BCUT2D eigenvalue weighted by atomic mass is 10.0. The molecule has 5 heteroatoms. The van der Waals surface area contributed by atoms with E-state index in [1.165, 1.54) is 5.56 Å². The molecular formula is C23H35N3O2. The molecule has 3 rings (SSSR count). The average molecular weight is 386 g/mol. The second-order valence-corrected chi connectivity index (χ2v) is 8.28. The van der Waals surface area contributed by atoms with E-state index < -0.39 is 0 Å². The zero-order valence-corrected chi connectivity index (χ0v) is 17.4. The first-order chi connectivity index (χ1) is 13.6. The SMILES string of the molecule is CC[C@H]1CN(C(=O)CNC(=O)C2CCCC2)[C@@H](CC)CN1Cc1ccccc1. The fraction of sp³-hybridized carbons (Fsp3) is 0.652. The second-order valence-electron chi connectivity index (χ2n) is 8.28. The van der Waals surface area contributed by atoms with Crippen molar-refractivity contribution in [3.8, 4) is 0 Å². The summed E-state index contributed by atoms with van der Waals surface area (Å²) in [7, 11) is 0. The number of carbonyl (C=O) groups excluding carboxylic acids is 2. The predicted octanol–water partition coefficient (Wildman–Crippen LogP) is 3.19. The topological polar surface area (TPSA) is 52.7 Å². The van der Waals surface area contributed by atoms with Crippen LogP contribution in [-0.4, -0.2) is 53.3 Å². The van der Waals surface area contributed by atoms with E-state index in [4.69, 9.17) is 0 Å². The van der Waals surface area contributed by atoms with E-state index in [2.05, 4.69) is 48.3 Å². The van der Waals surface area contributed by atoms with E-state index >= 15 is 0 Å². The van der Waals surface area contributed by atoms with Crippen LogP contribution in [0.4, 0.5) is 0 Å². The zero-order valence-electron chi connectivity index (χ0n) is 17.4. The van der Waals surface area contributed by atoms with Crippen molar-refractivity contribution >= 4 is 11.8 Å². The lowest BCUT2D eigenvalue weighted by Gasteiger charge is -2.46. The number of rotatable bonds is 7. The Labute approximate surface area is 169 Å². The molecule has 2 atom stereocenters. The van der Waals surface area contributed by atoms with Crippen LogP contribution in [0.3, 0.4) is 0 Å². The summed E-state index contributed by atoms with van der Waals surface area (Å²) >= 11 is 0. The summed E-state index contributed by atoms with van der Waals surface area (Å²) in [5, 5.41) is 2.91. The van der Waals surface area contributed by atoms with Crippen molar-refractivity contribution < 1.29 is 9.59 Å². The number of piperazine rings is 1. The molecule has 1 N–H and O–H groups in total. The van der Waals surface area contributed by atoms with Gasteiger partial charge in [-0.15, -0.1) is 0 Å². The largest absolute Gasteiger partial charge is 0.347 e. The number of hydrogen-bond donors (Lipinski definition) is 1. The molecule has 2 aliphatic rings. The van der Waals surface area contributed by atoms with Gasteiger partial charge in [-0.05, 0) is 31.2 Å². The van der Waals surface area contributed by atoms with Crippen LogP contribution in [-0.2, 0) is 16.1 Å². The van der Waals surface area contributed by atoms with Crippen molar-refractivity contribution in [2.75, 3.05) is 19.6 Å². The quantitative estimate of drug-likeness (QED) is 0.784. The minimum absolute atomic E-state index is 0.0636. The molecule has 0 radical (unpaired) electrons. The second kappa shape index (κ2) is 10.1. The molecule has 1 saturated carbocycles. The van der Waals surface area contributed by atoms with Gasteiger partial charge in [-0.3, -0.25) is 14.5 Å². The monoisotopic (exact) mass is 385 g/mol. The minimum Gasteiger partial charge on any atom is -0.347 e. The summed E-state index contributed by atoms with van der Waals surface area (Å²) < 4.78 is 0. The van der Waals surface area contributed by atoms with Crippen LogP contribution in [0.15, 0.2) is 30.3 Å². The number of hydrogen-bond acceptors (Lipinski definition) is 3. The Balaban J connectivity index is 1.58. The Hall–Kier alpha value is -1.88. The molecule has 1 aromatic carbocycles. The predicted molar refractivity (Wildman–Crippen MR) is 112 cm³/mol. The maximum atomic E-state index is 12.9. The highest BCUT2D eigenvalue weighted by molar-refractivity contribution is 5.86. The summed E-state index contributed by atoms with van der Waals surface area (Å²) in [4.78, 5) is 29.7. The van der Waals surface area contributed by atoms with E-state index in [-0.39, 0.29) is 30.3 Å². The number of nitrogens with zero attached hydrogens (tertiary/aromatic N) is 2. The molecule has 1 aliphatic heterocycles. The van der Waals surface area contributed by atoms with Crippen molar-refractivity contribution in [1.82, 2.24) is 15.1 Å². The first kappa shape index (κ1) is 20.8. The highest BCUT2D eigenvalue weighted by atomic mass is 16.2. The van der Waals surface area contributed by atoms with Gasteiger partial charge in [0.05, 0.1) is 6.54 Å². The fourth-order valence-electron chi connectivity index (χ4n) is 4.66. The highest BCUT2D eigenvalue weighted by Crippen LogP contribution is 2.25. The molecule has 0 spiro atoms. The van der Waals surface area contributed by atoms with E-state index in [1.807, 2.05) is 11.0 Å². The maximum Gasteiger partial charge on any atom is 0.242 e. The number of carbonyl (C=O) groups is 2. The zero-order chi connectivity index (χ0) is 19.9. The van der Waals surface area contributed by atoms with E-state index in [0.29, 0.717) is 6.04 Å². The summed E-state index contributed by atoms with van der Waals surface area (Å²) in [6.07, 6.45) is 6.14. The van der Waals surface area contributed by atoms with Crippen molar-refractivity contribution in [2.45, 2.75) is 71.0 Å². The summed E-state index contributed by atoms with van der Waals surface area (Å²) in [6.45, 7) is 7.05. The van der Waals surface area contributed by atoms with Crippen molar-refractivity contribution in [3.05, 3.63) is 35.9 Å². The average Bonchev–Trinajstić information content (AvgIpc) is 3.27. The summed E-state index contributed by atoms with van der Waals surface area (Å²) in [6, 6.07) is 11.1. The molecule has 2 fully saturated rings. The third-order valence-electron chi connectivity index (χ3n) is 6.44. The van der Waals surface area contributed by atoms with Gasteiger partial charge in [0.15, 0.2) is 0 Å². The van der Waals surface area contributed by atoms with Crippen LogP contribution in [0.1, 0.15) is 57.9 Å². The van der Waals surface area contributed by atoms with Crippen LogP contribution in [0.2, 0.25) is 0 Å². The molecule has 1 saturated heterocycles. The van der Waals surface area contributed by atoms with Crippen molar-refractivity contribution in [3.63, 3.8) is 0 Å². The Morgan fingerprint density at radius 1 is 1.00 bits per heavy atom. The smallest absolute Gasteiger partial charge is 0.242 e. The van der Waals surface area contributed by atoms with Gasteiger partial charge < -0.3 is 10.2 Å². The molecule has 0 aromatic heterocycles. The van der Waals surface area contributed by atoms with Crippen molar-refractivity contribution in [1.29, 1.82) is 0 Å². The van der Waals surface area contributed by atoms with Gasteiger partial charge in [0.1, 0.15) is 0 Å². The molecule has 5 nitrogen and oxygen atoms in total. The van der Waals surface area contributed by atoms with Crippen LogP contribution in [0.5, 0.6) is 0 Å². The molecule has 1 aromatic rings. The molecule has 2 amide bonds. The summed E-state index contributed by atoms with van der Waals surface area (Å²) in [5.74, 6) is 0.241. The number of amides is 2. The Morgan fingerprint density at radius 2 is 1.68 bits per heavy atom. The molecule has 154 valence electrons. The number of benzene rings is 1.